The molecule has 0 spiro atoms. The molecule has 1 aromatic rings. The Morgan fingerprint density at radius 3 is 2.75 bits per heavy atom. The molecular weight excluding hydrogens is 204 g/mol. The smallest absolute Gasteiger partial charge is 0.121 e. The zero-order valence-corrected chi connectivity index (χ0v) is 9.52. The van der Waals surface area contributed by atoms with Gasteiger partial charge >= 0.3 is 0 Å². The summed E-state index contributed by atoms with van der Waals surface area (Å²) in [5.74, 6) is 0.167. The summed E-state index contributed by atoms with van der Waals surface area (Å²) in [5, 5.41) is 18.4. The Morgan fingerprint density at radius 2 is 2.12 bits per heavy atom. The van der Waals surface area contributed by atoms with E-state index in [-0.39, 0.29) is 12.4 Å². The second-order valence-corrected chi connectivity index (χ2v) is 4.28. The highest BCUT2D eigenvalue weighted by Gasteiger charge is 2.35. The molecule has 0 aromatic heterocycles. The average molecular weight is 222 g/mol. The van der Waals surface area contributed by atoms with Crippen molar-refractivity contribution in [2.24, 2.45) is 0 Å². The second-order valence-electron chi connectivity index (χ2n) is 4.28. The molecule has 1 aromatic carbocycles. The van der Waals surface area contributed by atoms with Gasteiger partial charge in [-0.1, -0.05) is 13.0 Å². The van der Waals surface area contributed by atoms with Crippen LogP contribution in [0.4, 0.5) is 0 Å². The van der Waals surface area contributed by atoms with E-state index in [0.29, 0.717) is 17.8 Å². The van der Waals surface area contributed by atoms with Gasteiger partial charge in [0.1, 0.15) is 5.75 Å². The molecule has 0 bridgehead atoms. The molecule has 2 unspecified atom stereocenters. The van der Waals surface area contributed by atoms with Crippen molar-refractivity contribution in [1.29, 1.82) is 0 Å². The first-order valence-corrected chi connectivity index (χ1v) is 5.81. The van der Waals surface area contributed by atoms with Gasteiger partial charge in [0.15, 0.2) is 0 Å². The maximum atomic E-state index is 9.42. The Kier molecular flexibility index (Phi) is 3.46. The van der Waals surface area contributed by atoms with Gasteiger partial charge in [-0.3, -0.25) is 0 Å². The quantitative estimate of drug-likeness (QED) is 0.749. The molecule has 1 aliphatic rings. The number of phenols is 1. The maximum absolute atomic E-state index is 9.42. The fourth-order valence-corrected chi connectivity index (χ4v) is 2.02. The Hall–Kier alpha value is -1.06. The molecule has 1 heterocycles. The minimum Gasteiger partial charge on any atom is -0.508 e. The van der Waals surface area contributed by atoms with Crippen molar-refractivity contribution < 1.29 is 14.9 Å². The monoisotopic (exact) mass is 222 g/mol. The number of hydrogen-bond acceptors (Lipinski definition) is 3. The van der Waals surface area contributed by atoms with Crippen LogP contribution in [0.3, 0.4) is 0 Å². The predicted molar refractivity (Wildman–Crippen MR) is 61.3 cm³/mol. The lowest BCUT2D eigenvalue weighted by atomic mass is 10.0. The first-order chi connectivity index (χ1) is 7.74. The second kappa shape index (κ2) is 4.85. The minimum atomic E-state index is -0.114. The van der Waals surface area contributed by atoms with Crippen LogP contribution in [0.1, 0.15) is 30.9 Å². The van der Waals surface area contributed by atoms with Gasteiger partial charge < -0.3 is 14.9 Å². The predicted octanol–water partition coefficient (Wildman–Crippen LogP) is 1.99. The number of aromatic hydroxyl groups is 1. The Bertz CT molecular complexity index is 362. The van der Waals surface area contributed by atoms with E-state index in [9.17, 15) is 5.11 Å². The molecule has 16 heavy (non-hydrogen) atoms. The number of ether oxygens (including phenoxy) is 1. The van der Waals surface area contributed by atoms with Crippen molar-refractivity contribution in [3.63, 3.8) is 0 Å². The lowest BCUT2D eigenvalue weighted by Crippen LogP contribution is -1.96. The number of epoxide rings is 1. The molecular formula is C13H18O3. The number of rotatable bonds is 5. The summed E-state index contributed by atoms with van der Waals surface area (Å²) in [7, 11) is 0. The standard InChI is InChI=1S/C13H18O3/c1-2-12-13(16-12)6-4-9-3-5-11(15)10(7-9)8-14/h3,5,7,12-15H,2,4,6,8H2,1H3. The lowest BCUT2D eigenvalue weighted by Gasteiger charge is -2.04. The fraction of sp³-hybridized carbons (Fsp3) is 0.538. The molecule has 0 saturated carbocycles. The largest absolute Gasteiger partial charge is 0.508 e. The van der Waals surface area contributed by atoms with Crippen molar-refractivity contribution >= 4 is 0 Å². The van der Waals surface area contributed by atoms with Gasteiger partial charge in [-0.05, 0) is 37.0 Å². The third-order valence-corrected chi connectivity index (χ3v) is 3.12. The normalized spacial score (nSPS) is 23.4. The summed E-state index contributed by atoms with van der Waals surface area (Å²) in [6.07, 6.45) is 3.91. The summed E-state index contributed by atoms with van der Waals surface area (Å²) in [5.41, 5.74) is 1.74. The van der Waals surface area contributed by atoms with Crippen LogP contribution in [-0.4, -0.2) is 22.4 Å². The fourth-order valence-electron chi connectivity index (χ4n) is 2.02. The molecule has 3 heteroatoms. The molecule has 0 amide bonds. The van der Waals surface area contributed by atoms with E-state index in [2.05, 4.69) is 6.92 Å². The summed E-state index contributed by atoms with van der Waals surface area (Å²) >= 11 is 0. The summed E-state index contributed by atoms with van der Waals surface area (Å²) in [6.45, 7) is 2.02. The Morgan fingerprint density at radius 1 is 1.31 bits per heavy atom. The highest BCUT2D eigenvalue weighted by Crippen LogP contribution is 2.29. The van der Waals surface area contributed by atoms with E-state index in [4.69, 9.17) is 9.84 Å². The van der Waals surface area contributed by atoms with Crippen LogP contribution in [0.2, 0.25) is 0 Å². The van der Waals surface area contributed by atoms with Gasteiger partial charge in [0, 0.05) is 5.56 Å². The molecule has 3 nitrogen and oxygen atoms in total. The van der Waals surface area contributed by atoms with E-state index in [1.165, 1.54) is 0 Å². The zero-order valence-electron chi connectivity index (χ0n) is 9.52. The molecule has 88 valence electrons. The van der Waals surface area contributed by atoms with Gasteiger partial charge in [-0.15, -0.1) is 0 Å². The molecule has 1 fully saturated rings. The van der Waals surface area contributed by atoms with Crippen LogP contribution in [0.25, 0.3) is 0 Å². The Balaban J connectivity index is 1.90. The SMILES string of the molecule is CCC1OC1CCc1ccc(O)c(CO)c1. The maximum Gasteiger partial charge on any atom is 0.121 e. The number of hydrogen-bond donors (Lipinski definition) is 2. The first kappa shape index (κ1) is 11.4. The lowest BCUT2D eigenvalue weighted by molar-refractivity contribution is 0.275. The minimum absolute atomic E-state index is 0.114. The van der Waals surface area contributed by atoms with Crippen molar-refractivity contribution in [1.82, 2.24) is 0 Å². The van der Waals surface area contributed by atoms with Crippen molar-refractivity contribution in [3.05, 3.63) is 29.3 Å². The van der Waals surface area contributed by atoms with Crippen LogP contribution in [0.5, 0.6) is 5.75 Å². The Labute approximate surface area is 95.7 Å². The molecule has 2 N–H and O–H groups in total. The highest BCUT2D eigenvalue weighted by molar-refractivity contribution is 5.35. The summed E-state index contributed by atoms with van der Waals surface area (Å²) < 4.78 is 5.47. The molecule has 1 saturated heterocycles. The van der Waals surface area contributed by atoms with Gasteiger partial charge in [0.25, 0.3) is 0 Å². The van der Waals surface area contributed by atoms with Crippen molar-refractivity contribution in [3.8, 4) is 5.75 Å². The van der Waals surface area contributed by atoms with Gasteiger partial charge in [0.05, 0.1) is 18.8 Å². The van der Waals surface area contributed by atoms with Crippen LogP contribution < -0.4 is 0 Å². The van der Waals surface area contributed by atoms with E-state index in [1.807, 2.05) is 12.1 Å². The van der Waals surface area contributed by atoms with Crippen LogP contribution in [0.15, 0.2) is 18.2 Å². The molecule has 1 aliphatic heterocycles. The van der Waals surface area contributed by atoms with Gasteiger partial charge in [0.2, 0.25) is 0 Å². The van der Waals surface area contributed by atoms with Gasteiger partial charge in [-0.25, -0.2) is 0 Å². The highest BCUT2D eigenvalue weighted by atomic mass is 16.6. The molecule has 2 rings (SSSR count). The van der Waals surface area contributed by atoms with E-state index in [0.717, 1.165) is 24.8 Å². The number of benzene rings is 1. The van der Waals surface area contributed by atoms with E-state index in [1.54, 1.807) is 6.07 Å². The number of aliphatic hydroxyl groups is 1. The van der Waals surface area contributed by atoms with E-state index >= 15 is 0 Å². The molecule has 0 aliphatic carbocycles. The number of aliphatic hydroxyl groups excluding tert-OH is 1. The van der Waals surface area contributed by atoms with E-state index < -0.39 is 0 Å². The zero-order chi connectivity index (χ0) is 11.5. The third kappa shape index (κ3) is 2.54. The molecule has 0 radical (unpaired) electrons. The summed E-state index contributed by atoms with van der Waals surface area (Å²) in [6, 6.07) is 5.41. The topological polar surface area (TPSA) is 53.0 Å². The van der Waals surface area contributed by atoms with Gasteiger partial charge in [-0.2, -0.15) is 0 Å². The van der Waals surface area contributed by atoms with Crippen molar-refractivity contribution in [2.45, 2.75) is 45.0 Å². The molecule has 2 atom stereocenters. The number of aryl methyl sites for hydroxylation is 1. The van der Waals surface area contributed by atoms with Crippen LogP contribution >= 0.6 is 0 Å². The summed E-state index contributed by atoms with van der Waals surface area (Å²) in [4.78, 5) is 0. The van der Waals surface area contributed by atoms with Crippen LogP contribution in [0, 0.1) is 0 Å². The third-order valence-electron chi connectivity index (χ3n) is 3.12. The average Bonchev–Trinajstić information content (AvgIpc) is 3.06. The van der Waals surface area contributed by atoms with Crippen LogP contribution in [-0.2, 0) is 17.8 Å². The van der Waals surface area contributed by atoms with Crippen molar-refractivity contribution in [2.75, 3.05) is 0 Å². The first-order valence-electron chi connectivity index (χ1n) is 5.81.